The summed E-state index contributed by atoms with van der Waals surface area (Å²) in [7, 11) is 1.43. The maximum absolute atomic E-state index is 13.6. The van der Waals surface area contributed by atoms with E-state index in [1.165, 1.54) is 24.1 Å². The predicted molar refractivity (Wildman–Crippen MR) is 120 cm³/mol. The van der Waals surface area contributed by atoms with Crippen molar-refractivity contribution in [3.63, 3.8) is 0 Å². The van der Waals surface area contributed by atoms with E-state index in [2.05, 4.69) is 4.98 Å². The number of aromatic nitrogens is 1. The lowest BCUT2D eigenvalue weighted by atomic mass is 9.98. The molecule has 2 aromatic carbocycles. The average molecular weight is 449 g/mol. The lowest BCUT2D eigenvalue weighted by molar-refractivity contribution is 0.0970. The lowest BCUT2D eigenvalue weighted by Gasteiger charge is -2.24. The van der Waals surface area contributed by atoms with Crippen molar-refractivity contribution in [1.29, 1.82) is 0 Å². The topological polar surface area (TPSA) is 92.9 Å². The molecule has 1 amide bonds. The Kier molecular flexibility index (Phi) is 4.64. The van der Waals surface area contributed by atoms with Gasteiger partial charge in [-0.05, 0) is 60.5 Å². The molecule has 2 aromatic heterocycles. The number of anilines is 1. The molecule has 160 valence electrons. The standard InChI is InChI=1S/C24H17ClN2O5/c1-12-7-8-26-19(9-12)27-21(13-3-5-16(28)18(10-13)31-2)20-22(29)15-11-14(25)4-6-17(15)32-23(20)24(27)30/h3-11,21,28H,1-2H3. The van der Waals surface area contributed by atoms with Crippen LogP contribution in [-0.2, 0) is 0 Å². The van der Waals surface area contributed by atoms with Crippen LogP contribution in [0.1, 0.15) is 33.3 Å². The first-order valence-corrected chi connectivity index (χ1v) is 10.2. The molecule has 7 nitrogen and oxygen atoms in total. The Hall–Kier alpha value is -3.84. The first-order chi connectivity index (χ1) is 15.4. The van der Waals surface area contributed by atoms with Crippen LogP contribution in [0.3, 0.4) is 0 Å². The van der Waals surface area contributed by atoms with E-state index in [1.807, 2.05) is 13.0 Å². The van der Waals surface area contributed by atoms with Gasteiger partial charge in [0.25, 0.3) is 5.91 Å². The van der Waals surface area contributed by atoms with Crippen molar-refractivity contribution >= 4 is 34.3 Å². The maximum atomic E-state index is 13.6. The van der Waals surface area contributed by atoms with Crippen LogP contribution < -0.4 is 15.1 Å². The Balaban J connectivity index is 1.83. The van der Waals surface area contributed by atoms with E-state index >= 15 is 0 Å². The van der Waals surface area contributed by atoms with Gasteiger partial charge in [-0.3, -0.25) is 14.5 Å². The molecule has 4 aromatic rings. The fourth-order valence-corrected chi connectivity index (χ4v) is 4.19. The number of methoxy groups -OCH3 is 1. The Morgan fingerprint density at radius 2 is 1.94 bits per heavy atom. The van der Waals surface area contributed by atoms with Gasteiger partial charge in [-0.2, -0.15) is 0 Å². The summed E-state index contributed by atoms with van der Waals surface area (Å²) in [5.74, 6) is 0.00122. The number of hydrogen-bond acceptors (Lipinski definition) is 6. The molecule has 5 rings (SSSR count). The van der Waals surface area contributed by atoms with Gasteiger partial charge in [-0.1, -0.05) is 17.7 Å². The third-order valence-corrected chi connectivity index (χ3v) is 5.73. The highest BCUT2D eigenvalue weighted by Crippen LogP contribution is 2.42. The van der Waals surface area contributed by atoms with Crippen molar-refractivity contribution < 1.29 is 19.1 Å². The second-order valence-corrected chi connectivity index (χ2v) is 7.95. The van der Waals surface area contributed by atoms with Crippen LogP contribution in [0.4, 0.5) is 5.82 Å². The Labute approximate surface area is 187 Å². The molecule has 1 N–H and O–H groups in total. The molecule has 1 aliphatic heterocycles. The minimum Gasteiger partial charge on any atom is -0.504 e. The van der Waals surface area contributed by atoms with Crippen molar-refractivity contribution in [2.75, 3.05) is 12.0 Å². The van der Waals surface area contributed by atoms with E-state index in [4.69, 9.17) is 20.8 Å². The van der Waals surface area contributed by atoms with Gasteiger partial charge >= 0.3 is 0 Å². The van der Waals surface area contributed by atoms with Crippen molar-refractivity contribution in [3.05, 3.63) is 92.4 Å². The number of carbonyl (C=O) groups excluding carboxylic acids is 1. The number of phenolic OH excluding ortho intramolecular Hbond substituents is 1. The third kappa shape index (κ3) is 3.01. The van der Waals surface area contributed by atoms with Crippen molar-refractivity contribution in [2.24, 2.45) is 0 Å². The quantitative estimate of drug-likeness (QED) is 0.492. The van der Waals surface area contributed by atoms with Crippen LogP contribution in [0.2, 0.25) is 5.02 Å². The molecule has 3 heterocycles. The van der Waals surface area contributed by atoms with Gasteiger partial charge in [0.05, 0.1) is 24.1 Å². The first kappa shape index (κ1) is 20.1. The van der Waals surface area contributed by atoms with Crippen LogP contribution in [0.5, 0.6) is 11.5 Å². The summed E-state index contributed by atoms with van der Waals surface area (Å²) in [4.78, 5) is 32.9. The van der Waals surface area contributed by atoms with Gasteiger partial charge in [0.1, 0.15) is 11.4 Å². The van der Waals surface area contributed by atoms with Crippen LogP contribution in [-0.4, -0.2) is 23.1 Å². The summed E-state index contributed by atoms with van der Waals surface area (Å²) in [6, 6.07) is 12.1. The van der Waals surface area contributed by atoms with E-state index in [0.29, 0.717) is 16.4 Å². The minimum atomic E-state index is -0.832. The van der Waals surface area contributed by atoms with Crippen LogP contribution in [0.25, 0.3) is 11.0 Å². The predicted octanol–water partition coefficient (Wildman–Crippen LogP) is 4.61. The van der Waals surface area contributed by atoms with Gasteiger partial charge in [-0.25, -0.2) is 4.98 Å². The lowest BCUT2D eigenvalue weighted by Crippen LogP contribution is -2.30. The van der Waals surface area contributed by atoms with Gasteiger partial charge in [-0.15, -0.1) is 0 Å². The zero-order chi connectivity index (χ0) is 22.6. The van der Waals surface area contributed by atoms with E-state index in [9.17, 15) is 14.7 Å². The molecule has 0 aliphatic carbocycles. The van der Waals surface area contributed by atoms with Gasteiger partial charge in [0.2, 0.25) is 5.76 Å². The fraction of sp³-hybridized carbons (Fsp3) is 0.125. The number of halogens is 1. The number of rotatable bonds is 3. The van der Waals surface area contributed by atoms with E-state index in [0.717, 1.165) is 5.56 Å². The van der Waals surface area contributed by atoms with Gasteiger partial charge < -0.3 is 14.3 Å². The van der Waals surface area contributed by atoms with E-state index < -0.39 is 11.9 Å². The molecule has 0 radical (unpaired) electrons. The number of benzene rings is 2. The number of aryl methyl sites for hydroxylation is 1. The molecule has 1 aliphatic rings. The molecule has 8 heteroatoms. The summed E-state index contributed by atoms with van der Waals surface area (Å²) >= 11 is 6.11. The zero-order valence-corrected chi connectivity index (χ0v) is 17.9. The molecule has 0 fully saturated rings. The highest BCUT2D eigenvalue weighted by atomic mass is 35.5. The van der Waals surface area contributed by atoms with Crippen molar-refractivity contribution in [3.8, 4) is 11.5 Å². The third-order valence-electron chi connectivity index (χ3n) is 5.50. The first-order valence-electron chi connectivity index (χ1n) is 9.78. The van der Waals surface area contributed by atoms with Crippen molar-refractivity contribution in [2.45, 2.75) is 13.0 Å². The molecular formula is C24H17ClN2O5. The van der Waals surface area contributed by atoms with E-state index in [-0.39, 0.29) is 39.2 Å². The Morgan fingerprint density at radius 1 is 1.12 bits per heavy atom. The number of amides is 1. The molecule has 1 unspecified atom stereocenters. The van der Waals surface area contributed by atoms with Crippen LogP contribution in [0.15, 0.2) is 63.9 Å². The average Bonchev–Trinajstić information content (AvgIpc) is 3.07. The fourth-order valence-electron chi connectivity index (χ4n) is 4.01. The maximum Gasteiger partial charge on any atom is 0.296 e. The molecule has 0 saturated heterocycles. The van der Waals surface area contributed by atoms with Crippen LogP contribution in [0, 0.1) is 6.92 Å². The summed E-state index contributed by atoms with van der Waals surface area (Å²) < 4.78 is 11.2. The summed E-state index contributed by atoms with van der Waals surface area (Å²) in [5, 5.41) is 10.7. The summed E-state index contributed by atoms with van der Waals surface area (Å²) in [6.07, 6.45) is 1.60. The second-order valence-electron chi connectivity index (χ2n) is 7.51. The number of hydrogen-bond donors (Lipinski definition) is 1. The largest absolute Gasteiger partial charge is 0.504 e. The van der Waals surface area contributed by atoms with Gasteiger partial charge in [0, 0.05) is 11.2 Å². The summed E-state index contributed by atoms with van der Waals surface area (Å²) in [5.41, 5.74) is 1.55. The van der Waals surface area contributed by atoms with Gasteiger partial charge in [0.15, 0.2) is 16.9 Å². The number of fused-ring (bicyclic) bond motifs is 2. The number of nitrogens with zero attached hydrogens (tertiary/aromatic N) is 2. The second kappa shape index (κ2) is 7.39. The monoisotopic (exact) mass is 448 g/mol. The summed E-state index contributed by atoms with van der Waals surface area (Å²) in [6.45, 7) is 1.89. The number of ether oxygens (including phenoxy) is 1. The molecule has 1 atom stereocenters. The smallest absolute Gasteiger partial charge is 0.296 e. The van der Waals surface area contributed by atoms with Crippen molar-refractivity contribution in [1.82, 2.24) is 4.98 Å². The Bertz CT molecular complexity index is 1460. The Morgan fingerprint density at radius 3 is 2.69 bits per heavy atom. The normalized spacial score (nSPS) is 15.3. The van der Waals surface area contributed by atoms with Crippen LogP contribution >= 0.6 is 11.6 Å². The number of aromatic hydroxyl groups is 1. The van der Waals surface area contributed by atoms with E-state index in [1.54, 1.807) is 36.5 Å². The zero-order valence-electron chi connectivity index (χ0n) is 17.1. The minimum absolute atomic E-state index is 0.0508. The number of carbonyl (C=O) groups is 1. The number of phenols is 1. The number of pyridine rings is 1. The highest BCUT2D eigenvalue weighted by Gasteiger charge is 2.44. The molecule has 32 heavy (non-hydrogen) atoms. The molecule has 0 bridgehead atoms. The molecule has 0 saturated carbocycles. The molecule has 0 spiro atoms. The highest BCUT2D eigenvalue weighted by molar-refractivity contribution is 6.31. The SMILES string of the molecule is COc1cc(C2c3c(oc4ccc(Cl)cc4c3=O)C(=O)N2c2cc(C)ccn2)ccc1O. The molecular weight excluding hydrogens is 432 g/mol.